The lowest BCUT2D eigenvalue weighted by atomic mass is 10.1. The Morgan fingerprint density at radius 3 is 2.80 bits per heavy atom. The van der Waals surface area contributed by atoms with Gasteiger partial charge < -0.3 is 10.6 Å². The fourth-order valence-electron chi connectivity index (χ4n) is 2.52. The highest BCUT2D eigenvalue weighted by Crippen LogP contribution is 2.12. The fraction of sp³-hybridized carbons (Fsp3) is 0.158. The maximum atomic E-state index is 13.5. The van der Waals surface area contributed by atoms with Crippen LogP contribution in [0.4, 0.5) is 14.9 Å². The smallest absolute Gasteiger partial charge is 0.319 e. The summed E-state index contributed by atoms with van der Waals surface area (Å²) in [5.41, 5.74) is 2.32. The highest BCUT2D eigenvalue weighted by Gasteiger charge is 2.04. The summed E-state index contributed by atoms with van der Waals surface area (Å²) in [6.45, 7) is 0.997. The molecular formula is C19H19FN4O. The van der Waals surface area contributed by atoms with Gasteiger partial charge in [0.05, 0.1) is 6.54 Å². The largest absolute Gasteiger partial charge is 0.338 e. The van der Waals surface area contributed by atoms with E-state index in [9.17, 15) is 9.18 Å². The van der Waals surface area contributed by atoms with Crippen molar-refractivity contribution < 1.29 is 9.18 Å². The maximum absolute atomic E-state index is 13.5. The van der Waals surface area contributed by atoms with Crippen LogP contribution in [0.5, 0.6) is 0 Å². The average Bonchev–Trinajstić information content (AvgIpc) is 3.10. The molecular weight excluding hydrogens is 319 g/mol. The van der Waals surface area contributed by atoms with Crippen molar-refractivity contribution in [1.29, 1.82) is 0 Å². The van der Waals surface area contributed by atoms with E-state index in [4.69, 9.17) is 0 Å². The van der Waals surface area contributed by atoms with E-state index >= 15 is 0 Å². The first-order valence-corrected chi connectivity index (χ1v) is 8.05. The van der Waals surface area contributed by atoms with Crippen LogP contribution in [0.15, 0.2) is 67.0 Å². The number of halogens is 1. The first-order valence-electron chi connectivity index (χ1n) is 8.05. The van der Waals surface area contributed by atoms with Gasteiger partial charge >= 0.3 is 6.03 Å². The highest BCUT2D eigenvalue weighted by atomic mass is 19.1. The molecule has 1 heterocycles. The highest BCUT2D eigenvalue weighted by molar-refractivity contribution is 5.89. The van der Waals surface area contributed by atoms with E-state index in [1.807, 2.05) is 41.2 Å². The van der Waals surface area contributed by atoms with Gasteiger partial charge in [-0.1, -0.05) is 30.3 Å². The van der Waals surface area contributed by atoms with Crippen LogP contribution in [0, 0.1) is 5.82 Å². The van der Waals surface area contributed by atoms with Gasteiger partial charge in [-0.25, -0.2) is 9.18 Å². The van der Waals surface area contributed by atoms with Crippen LogP contribution in [0.1, 0.15) is 11.1 Å². The monoisotopic (exact) mass is 338 g/mol. The van der Waals surface area contributed by atoms with Crippen molar-refractivity contribution in [3.8, 4) is 0 Å². The van der Waals surface area contributed by atoms with Crippen molar-refractivity contribution in [2.45, 2.75) is 13.0 Å². The molecule has 2 aromatic carbocycles. The SMILES string of the molecule is O=C(NCCc1ccccc1F)Nc1cccc(Cn2cccn2)c1. The molecule has 0 aliphatic carbocycles. The van der Waals surface area contributed by atoms with E-state index < -0.39 is 0 Å². The normalized spacial score (nSPS) is 10.4. The lowest BCUT2D eigenvalue weighted by molar-refractivity contribution is 0.252. The van der Waals surface area contributed by atoms with Gasteiger partial charge in [0.25, 0.3) is 0 Å². The van der Waals surface area contributed by atoms with Crippen LogP contribution in [0.25, 0.3) is 0 Å². The molecule has 1 aromatic heterocycles. The minimum Gasteiger partial charge on any atom is -0.338 e. The van der Waals surface area contributed by atoms with E-state index in [1.165, 1.54) is 6.07 Å². The summed E-state index contributed by atoms with van der Waals surface area (Å²) < 4.78 is 15.3. The summed E-state index contributed by atoms with van der Waals surface area (Å²) >= 11 is 0. The quantitative estimate of drug-likeness (QED) is 0.723. The van der Waals surface area contributed by atoms with Crippen molar-refractivity contribution in [2.24, 2.45) is 0 Å². The Bertz CT molecular complexity index is 833. The zero-order chi connectivity index (χ0) is 17.5. The van der Waals surface area contributed by atoms with Crippen molar-refractivity contribution in [1.82, 2.24) is 15.1 Å². The number of rotatable bonds is 6. The average molecular weight is 338 g/mol. The van der Waals surface area contributed by atoms with Crippen LogP contribution < -0.4 is 10.6 Å². The minimum absolute atomic E-state index is 0.254. The number of hydrogen-bond acceptors (Lipinski definition) is 2. The molecule has 25 heavy (non-hydrogen) atoms. The molecule has 0 radical (unpaired) electrons. The van der Waals surface area contributed by atoms with Crippen molar-refractivity contribution in [3.05, 3.63) is 83.9 Å². The molecule has 0 saturated carbocycles. The van der Waals surface area contributed by atoms with Gasteiger partial charge in [-0.15, -0.1) is 0 Å². The molecule has 5 nitrogen and oxygen atoms in total. The number of anilines is 1. The van der Waals surface area contributed by atoms with Crippen molar-refractivity contribution in [2.75, 3.05) is 11.9 Å². The second-order valence-corrected chi connectivity index (χ2v) is 5.63. The molecule has 3 rings (SSSR count). The Kier molecular flexibility index (Phi) is 5.41. The number of benzene rings is 2. The zero-order valence-electron chi connectivity index (χ0n) is 13.7. The summed E-state index contributed by atoms with van der Waals surface area (Å²) in [7, 11) is 0. The third-order valence-corrected chi connectivity index (χ3v) is 3.73. The van der Waals surface area contributed by atoms with Gasteiger partial charge in [-0.3, -0.25) is 4.68 Å². The van der Waals surface area contributed by atoms with Gasteiger partial charge in [-0.05, 0) is 41.8 Å². The summed E-state index contributed by atoms with van der Waals surface area (Å²) in [6.07, 6.45) is 4.06. The number of urea groups is 1. The summed E-state index contributed by atoms with van der Waals surface area (Å²) in [5, 5.41) is 9.69. The molecule has 0 aliphatic rings. The lowest BCUT2D eigenvalue weighted by Crippen LogP contribution is -2.30. The van der Waals surface area contributed by atoms with E-state index in [-0.39, 0.29) is 11.8 Å². The third kappa shape index (κ3) is 4.91. The van der Waals surface area contributed by atoms with E-state index in [0.29, 0.717) is 30.8 Å². The molecule has 0 spiro atoms. The molecule has 2 N–H and O–H groups in total. The standard InChI is InChI=1S/C19H19FN4O/c20-18-8-2-1-6-16(18)9-11-21-19(25)23-17-7-3-5-15(13-17)14-24-12-4-10-22-24/h1-8,10,12-13H,9,11,14H2,(H2,21,23,25). The van der Waals surface area contributed by atoms with Gasteiger partial charge in [-0.2, -0.15) is 5.10 Å². The minimum atomic E-state index is -0.312. The number of nitrogens with zero attached hydrogens (tertiary/aromatic N) is 2. The topological polar surface area (TPSA) is 59.0 Å². The van der Waals surface area contributed by atoms with Crippen LogP contribution in [0.2, 0.25) is 0 Å². The van der Waals surface area contributed by atoms with Crippen molar-refractivity contribution >= 4 is 11.7 Å². The van der Waals surface area contributed by atoms with Crippen LogP contribution in [0.3, 0.4) is 0 Å². The zero-order valence-corrected chi connectivity index (χ0v) is 13.7. The van der Waals surface area contributed by atoms with Crippen LogP contribution in [-0.2, 0) is 13.0 Å². The molecule has 0 saturated heterocycles. The van der Waals surface area contributed by atoms with Crippen LogP contribution >= 0.6 is 0 Å². The number of hydrogen-bond donors (Lipinski definition) is 2. The number of aromatic nitrogens is 2. The lowest BCUT2D eigenvalue weighted by Gasteiger charge is -2.09. The predicted octanol–water partition coefficient (Wildman–Crippen LogP) is 3.43. The van der Waals surface area contributed by atoms with E-state index in [0.717, 1.165) is 5.56 Å². The molecule has 0 aliphatic heterocycles. The summed E-state index contributed by atoms with van der Waals surface area (Å²) in [6, 6.07) is 15.7. The first-order chi connectivity index (χ1) is 12.2. The molecule has 3 aromatic rings. The third-order valence-electron chi connectivity index (χ3n) is 3.73. The van der Waals surface area contributed by atoms with E-state index in [2.05, 4.69) is 15.7 Å². The Balaban J connectivity index is 1.50. The first kappa shape index (κ1) is 16.7. The second kappa shape index (κ2) is 8.10. The number of carbonyl (C=O) groups is 1. The molecule has 0 atom stereocenters. The van der Waals surface area contributed by atoms with Gasteiger partial charge in [0.1, 0.15) is 5.82 Å². The Morgan fingerprint density at radius 2 is 2.00 bits per heavy atom. The van der Waals surface area contributed by atoms with Crippen molar-refractivity contribution in [3.63, 3.8) is 0 Å². The van der Waals surface area contributed by atoms with E-state index in [1.54, 1.807) is 24.4 Å². The Labute approximate surface area is 145 Å². The summed E-state index contributed by atoms with van der Waals surface area (Å²) in [4.78, 5) is 12.0. The van der Waals surface area contributed by atoms with Gasteiger partial charge in [0.2, 0.25) is 0 Å². The fourth-order valence-corrected chi connectivity index (χ4v) is 2.52. The number of amides is 2. The van der Waals surface area contributed by atoms with Gasteiger partial charge in [0, 0.05) is 24.6 Å². The molecule has 0 unspecified atom stereocenters. The Morgan fingerprint density at radius 1 is 1.12 bits per heavy atom. The molecule has 0 fully saturated rings. The molecule has 6 heteroatoms. The maximum Gasteiger partial charge on any atom is 0.319 e. The van der Waals surface area contributed by atoms with Gasteiger partial charge in [0.15, 0.2) is 0 Å². The Hall–Kier alpha value is -3.15. The molecule has 2 amide bonds. The summed E-state index contributed by atoms with van der Waals surface area (Å²) in [5.74, 6) is -0.254. The van der Waals surface area contributed by atoms with Crippen LogP contribution in [-0.4, -0.2) is 22.4 Å². The second-order valence-electron chi connectivity index (χ2n) is 5.63. The molecule has 0 bridgehead atoms. The molecule has 128 valence electrons. The number of nitrogens with one attached hydrogen (secondary N) is 2. The number of carbonyl (C=O) groups excluding carboxylic acids is 1. The predicted molar refractivity (Wildman–Crippen MR) is 94.9 cm³/mol.